The summed E-state index contributed by atoms with van der Waals surface area (Å²) >= 11 is 0. The average Bonchev–Trinajstić information content (AvgIpc) is 1.82. The minimum Gasteiger partial charge on any atom is -0.390 e. The molecule has 0 aliphatic carbocycles. The van der Waals surface area contributed by atoms with Gasteiger partial charge in [0.1, 0.15) is 5.78 Å². The molecule has 0 aromatic carbocycles. The second kappa shape index (κ2) is 4.38. The number of ketones is 1. The molecule has 0 spiro atoms. The van der Waals surface area contributed by atoms with Gasteiger partial charge in [-0.05, 0) is 13.8 Å². The summed E-state index contributed by atoms with van der Waals surface area (Å²) in [4.78, 5) is 11.1. The molecule has 0 rings (SSSR count). The van der Waals surface area contributed by atoms with Crippen molar-refractivity contribution in [1.82, 2.24) is 0 Å². The Morgan fingerprint density at radius 2 is 2.17 bits per heavy atom. The number of carbonyl (C=O) groups excluding carboxylic acids is 1. The van der Waals surface area contributed by atoms with Crippen molar-refractivity contribution >= 4 is 5.78 Å². The van der Waals surface area contributed by atoms with E-state index in [0.29, 0.717) is 0 Å². The SMILES string of the molecule is C=CC(O)CC(=O)CC(C)(C)O. The smallest absolute Gasteiger partial charge is 0.138 e. The molecule has 0 saturated carbocycles. The third-order valence-corrected chi connectivity index (χ3v) is 1.34. The van der Waals surface area contributed by atoms with Crippen molar-refractivity contribution < 1.29 is 15.0 Å². The molecule has 0 aliphatic heterocycles. The van der Waals surface area contributed by atoms with Gasteiger partial charge < -0.3 is 10.2 Å². The predicted molar refractivity (Wildman–Crippen MR) is 46.7 cm³/mol. The average molecular weight is 172 g/mol. The highest BCUT2D eigenvalue weighted by molar-refractivity contribution is 5.79. The number of hydrogen-bond acceptors (Lipinski definition) is 3. The first-order valence-electron chi connectivity index (χ1n) is 3.90. The zero-order chi connectivity index (χ0) is 9.78. The van der Waals surface area contributed by atoms with Gasteiger partial charge >= 0.3 is 0 Å². The van der Waals surface area contributed by atoms with E-state index < -0.39 is 11.7 Å². The van der Waals surface area contributed by atoms with Gasteiger partial charge in [0.2, 0.25) is 0 Å². The fraction of sp³-hybridized carbons (Fsp3) is 0.667. The molecule has 3 nitrogen and oxygen atoms in total. The van der Waals surface area contributed by atoms with E-state index in [1.54, 1.807) is 13.8 Å². The van der Waals surface area contributed by atoms with Gasteiger partial charge in [-0.3, -0.25) is 4.79 Å². The number of rotatable bonds is 5. The van der Waals surface area contributed by atoms with Crippen LogP contribution in [0.1, 0.15) is 26.7 Å². The van der Waals surface area contributed by atoms with Gasteiger partial charge in [0, 0.05) is 12.8 Å². The second-order valence-corrected chi connectivity index (χ2v) is 3.54. The number of carbonyl (C=O) groups is 1. The molecule has 0 fully saturated rings. The highest BCUT2D eigenvalue weighted by atomic mass is 16.3. The minimum atomic E-state index is -0.988. The van der Waals surface area contributed by atoms with Crippen molar-refractivity contribution in [2.45, 2.75) is 38.4 Å². The summed E-state index contributed by atoms with van der Waals surface area (Å²) in [5.74, 6) is -0.157. The molecule has 0 aromatic heterocycles. The molecular formula is C9H16O3. The van der Waals surface area contributed by atoms with Crippen LogP contribution in [0.2, 0.25) is 0 Å². The maximum atomic E-state index is 11.1. The fourth-order valence-corrected chi connectivity index (χ4v) is 0.871. The van der Waals surface area contributed by atoms with Crippen LogP contribution in [0.3, 0.4) is 0 Å². The minimum absolute atomic E-state index is 0.0352. The number of aliphatic hydroxyl groups excluding tert-OH is 1. The van der Waals surface area contributed by atoms with E-state index in [9.17, 15) is 9.90 Å². The van der Waals surface area contributed by atoms with E-state index in [0.717, 1.165) is 0 Å². The monoisotopic (exact) mass is 172 g/mol. The number of hydrogen-bond donors (Lipinski definition) is 2. The van der Waals surface area contributed by atoms with E-state index in [1.807, 2.05) is 0 Å². The van der Waals surface area contributed by atoms with Crippen molar-refractivity contribution in [3.8, 4) is 0 Å². The van der Waals surface area contributed by atoms with Crippen LogP contribution in [0.25, 0.3) is 0 Å². The van der Waals surface area contributed by atoms with Crippen LogP contribution in [0.15, 0.2) is 12.7 Å². The van der Waals surface area contributed by atoms with Gasteiger partial charge in [-0.1, -0.05) is 6.08 Å². The first-order chi connectivity index (χ1) is 5.35. The molecule has 0 bridgehead atoms. The van der Waals surface area contributed by atoms with Gasteiger partial charge in [-0.2, -0.15) is 0 Å². The molecule has 1 unspecified atom stereocenters. The Bertz CT molecular complexity index is 167. The Morgan fingerprint density at radius 1 is 1.67 bits per heavy atom. The maximum absolute atomic E-state index is 11.1. The molecule has 12 heavy (non-hydrogen) atoms. The Morgan fingerprint density at radius 3 is 2.50 bits per heavy atom. The van der Waals surface area contributed by atoms with Gasteiger partial charge in [0.25, 0.3) is 0 Å². The van der Waals surface area contributed by atoms with Crippen LogP contribution in [0.4, 0.5) is 0 Å². The Hall–Kier alpha value is -0.670. The van der Waals surface area contributed by atoms with E-state index >= 15 is 0 Å². The second-order valence-electron chi connectivity index (χ2n) is 3.54. The summed E-state index contributed by atoms with van der Waals surface area (Å²) < 4.78 is 0. The lowest BCUT2D eigenvalue weighted by atomic mass is 9.99. The van der Waals surface area contributed by atoms with Gasteiger partial charge in [0.05, 0.1) is 11.7 Å². The summed E-state index contributed by atoms with van der Waals surface area (Å²) in [6, 6.07) is 0. The maximum Gasteiger partial charge on any atom is 0.138 e. The molecule has 2 N–H and O–H groups in total. The lowest BCUT2D eigenvalue weighted by Crippen LogP contribution is -2.25. The molecule has 0 heterocycles. The van der Waals surface area contributed by atoms with Crippen molar-refractivity contribution in [2.75, 3.05) is 0 Å². The Balaban J connectivity index is 3.82. The van der Waals surface area contributed by atoms with E-state index in [2.05, 4.69) is 6.58 Å². The number of aliphatic hydroxyl groups is 2. The molecule has 3 heteroatoms. The van der Waals surface area contributed by atoms with Crippen LogP contribution in [-0.4, -0.2) is 27.7 Å². The molecule has 0 aliphatic rings. The summed E-state index contributed by atoms with van der Waals surface area (Å²) in [6.45, 7) is 6.47. The fourth-order valence-electron chi connectivity index (χ4n) is 0.871. The number of Topliss-reactive ketones (excluding diaryl/α,β-unsaturated/α-hetero) is 1. The van der Waals surface area contributed by atoms with Crippen molar-refractivity contribution in [2.24, 2.45) is 0 Å². The van der Waals surface area contributed by atoms with Gasteiger partial charge in [-0.15, -0.1) is 6.58 Å². The van der Waals surface area contributed by atoms with Crippen LogP contribution >= 0.6 is 0 Å². The first kappa shape index (κ1) is 11.3. The Kier molecular flexibility index (Phi) is 4.13. The first-order valence-corrected chi connectivity index (χ1v) is 3.90. The predicted octanol–water partition coefficient (Wildman–Crippen LogP) is 0.653. The van der Waals surface area contributed by atoms with E-state index in [-0.39, 0.29) is 18.6 Å². The highest BCUT2D eigenvalue weighted by Gasteiger charge is 2.18. The third-order valence-electron chi connectivity index (χ3n) is 1.34. The van der Waals surface area contributed by atoms with Crippen LogP contribution < -0.4 is 0 Å². The largest absolute Gasteiger partial charge is 0.390 e. The molecule has 70 valence electrons. The zero-order valence-corrected chi connectivity index (χ0v) is 7.58. The third kappa shape index (κ3) is 6.07. The van der Waals surface area contributed by atoms with E-state index in [1.165, 1.54) is 6.08 Å². The summed E-state index contributed by atoms with van der Waals surface area (Å²) in [5.41, 5.74) is -0.988. The summed E-state index contributed by atoms with van der Waals surface area (Å²) in [5, 5.41) is 18.3. The van der Waals surface area contributed by atoms with Crippen LogP contribution in [-0.2, 0) is 4.79 Å². The lowest BCUT2D eigenvalue weighted by molar-refractivity contribution is -0.124. The van der Waals surface area contributed by atoms with Crippen molar-refractivity contribution in [3.05, 3.63) is 12.7 Å². The molecule has 0 amide bonds. The van der Waals surface area contributed by atoms with Crippen molar-refractivity contribution in [3.63, 3.8) is 0 Å². The molecule has 0 aromatic rings. The summed E-state index contributed by atoms with van der Waals surface area (Å²) in [6.07, 6.45) is 0.619. The topological polar surface area (TPSA) is 57.5 Å². The van der Waals surface area contributed by atoms with Crippen LogP contribution in [0.5, 0.6) is 0 Å². The highest BCUT2D eigenvalue weighted by Crippen LogP contribution is 2.10. The quantitative estimate of drug-likeness (QED) is 0.599. The van der Waals surface area contributed by atoms with Crippen molar-refractivity contribution in [1.29, 1.82) is 0 Å². The molecule has 0 radical (unpaired) electrons. The molecule has 0 saturated heterocycles. The Labute approximate surface area is 72.7 Å². The zero-order valence-electron chi connectivity index (χ0n) is 7.58. The standard InChI is InChI=1S/C9H16O3/c1-4-7(10)5-8(11)6-9(2,3)12/h4,7,10,12H,1,5-6H2,2-3H3. The lowest BCUT2D eigenvalue weighted by Gasteiger charge is -2.16. The molecule has 1 atom stereocenters. The van der Waals surface area contributed by atoms with E-state index in [4.69, 9.17) is 5.11 Å². The van der Waals surface area contributed by atoms with Gasteiger partial charge in [-0.25, -0.2) is 0 Å². The summed E-state index contributed by atoms with van der Waals surface area (Å²) in [7, 11) is 0. The molecular weight excluding hydrogens is 156 g/mol. The van der Waals surface area contributed by atoms with Crippen LogP contribution in [0, 0.1) is 0 Å². The van der Waals surface area contributed by atoms with Gasteiger partial charge in [0.15, 0.2) is 0 Å². The normalized spacial score (nSPS) is 14.0.